The molecule has 1 aliphatic heterocycles. The van der Waals surface area contributed by atoms with Crippen LogP contribution in [0.5, 0.6) is 0 Å². The Morgan fingerprint density at radius 3 is 1.47 bits per heavy atom. The van der Waals surface area contributed by atoms with E-state index in [-0.39, 0.29) is 16.7 Å². The number of esters is 4. The molecule has 0 aromatic heterocycles. The van der Waals surface area contributed by atoms with E-state index in [1.165, 1.54) is 36.4 Å². The average molecular weight is 679 g/mol. The predicted molar refractivity (Wildman–Crippen MR) is 161 cm³/mol. The van der Waals surface area contributed by atoms with Crippen LogP contribution in [0.1, 0.15) is 38.0 Å². The molecule has 1 N–H and O–H groups in total. The van der Waals surface area contributed by atoms with Gasteiger partial charge in [-0.1, -0.05) is 89.4 Å². The first kappa shape index (κ1) is 33.7. The highest BCUT2D eigenvalue weighted by molar-refractivity contribution is 6.76. The molecule has 0 aliphatic carbocycles. The lowest BCUT2D eigenvalue weighted by Gasteiger charge is -2.44. The number of hydrogen-bond acceptors (Lipinski definition) is 11. The van der Waals surface area contributed by atoms with Crippen LogP contribution < -0.4 is 0 Å². The maximum Gasteiger partial charge on any atom is 0.338 e. The zero-order valence-corrected chi connectivity index (χ0v) is 25.7. The number of halogens is 3. The third-order valence-corrected chi connectivity index (χ3v) is 6.81. The summed E-state index contributed by atoms with van der Waals surface area (Å²) in [6.07, 6.45) is -8.13. The van der Waals surface area contributed by atoms with E-state index in [0.29, 0.717) is 0 Å². The predicted octanol–water partition coefficient (Wildman–Crippen LogP) is 5.32. The Hall–Kier alpha value is -4.16. The Labute approximate surface area is 272 Å². The van der Waals surface area contributed by atoms with Crippen molar-refractivity contribution < 1.29 is 47.6 Å². The normalized spacial score (nSPS) is 21.1. The molecule has 3 aromatic rings. The van der Waals surface area contributed by atoms with Crippen molar-refractivity contribution in [2.75, 3.05) is 6.61 Å². The summed E-state index contributed by atoms with van der Waals surface area (Å²) in [5.41, 5.74) is 0.333. The fourth-order valence-corrected chi connectivity index (χ4v) is 4.32. The second-order valence-electron chi connectivity index (χ2n) is 9.50. The summed E-state index contributed by atoms with van der Waals surface area (Å²) in [5.74, 6) is -4.32. The zero-order chi connectivity index (χ0) is 32.6. The standard InChI is InChI=1S/C31H26Cl3NO10/c1-18(36)40-17-22-23(42-26(37)19-11-5-2-6-12-19)24(43-27(38)20-13-7-3-8-14-20)25(29(41-22)45-30(35)31(32,33)34)44-28(39)21-15-9-4-10-16-21/h2-16,22-25,29,35H,17H2,1H3/t22?,23-,24?,25?,29-/m1/s1. The van der Waals surface area contributed by atoms with E-state index in [1.54, 1.807) is 54.6 Å². The van der Waals surface area contributed by atoms with Gasteiger partial charge in [-0.15, -0.1) is 0 Å². The number of benzene rings is 3. The quantitative estimate of drug-likeness (QED) is 0.104. The highest BCUT2D eigenvalue weighted by Crippen LogP contribution is 2.34. The summed E-state index contributed by atoms with van der Waals surface area (Å²) in [6.45, 7) is 0.597. The lowest BCUT2D eigenvalue weighted by molar-refractivity contribution is -0.280. The number of nitrogens with one attached hydrogen (secondary N) is 1. The van der Waals surface area contributed by atoms with Gasteiger partial charge in [0.05, 0.1) is 16.7 Å². The number of ether oxygens (including phenoxy) is 6. The molecular weight excluding hydrogens is 653 g/mol. The monoisotopic (exact) mass is 677 g/mol. The lowest BCUT2D eigenvalue weighted by atomic mass is 9.97. The molecule has 0 saturated carbocycles. The van der Waals surface area contributed by atoms with Crippen LogP contribution in [0.4, 0.5) is 0 Å². The molecule has 0 spiro atoms. The number of carbonyl (C=O) groups excluding carboxylic acids is 4. The number of rotatable bonds is 9. The van der Waals surface area contributed by atoms with Gasteiger partial charge < -0.3 is 28.4 Å². The minimum atomic E-state index is -2.38. The molecule has 4 rings (SSSR count). The number of carbonyl (C=O) groups is 4. The Morgan fingerprint density at radius 1 is 0.667 bits per heavy atom. The molecule has 0 bridgehead atoms. The average Bonchev–Trinajstić information content (AvgIpc) is 3.03. The Morgan fingerprint density at radius 2 is 1.07 bits per heavy atom. The summed E-state index contributed by atoms with van der Waals surface area (Å²) in [4.78, 5) is 51.8. The molecular formula is C31H26Cl3NO10. The highest BCUT2D eigenvalue weighted by Gasteiger charge is 2.55. The first-order chi connectivity index (χ1) is 21.4. The third kappa shape index (κ3) is 9.18. The zero-order valence-electron chi connectivity index (χ0n) is 23.5. The van der Waals surface area contributed by atoms with Crippen LogP contribution in [0.2, 0.25) is 0 Å². The minimum absolute atomic E-state index is 0.0979. The smallest absolute Gasteiger partial charge is 0.338 e. The second kappa shape index (κ2) is 15.2. The van der Waals surface area contributed by atoms with E-state index in [4.69, 9.17) is 68.6 Å². The Balaban J connectivity index is 1.80. The van der Waals surface area contributed by atoms with Crippen LogP contribution in [0.25, 0.3) is 0 Å². The van der Waals surface area contributed by atoms with Gasteiger partial charge in [0, 0.05) is 6.92 Å². The molecule has 1 saturated heterocycles. The largest absolute Gasteiger partial charge is 0.463 e. The van der Waals surface area contributed by atoms with Crippen molar-refractivity contribution in [2.24, 2.45) is 0 Å². The molecule has 1 aliphatic rings. The van der Waals surface area contributed by atoms with Gasteiger partial charge in [0.15, 0.2) is 12.2 Å². The van der Waals surface area contributed by atoms with Gasteiger partial charge in [0.25, 0.3) is 3.79 Å². The van der Waals surface area contributed by atoms with Crippen LogP contribution in [0, 0.1) is 5.41 Å². The maximum atomic E-state index is 13.4. The Bertz CT molecular complexity index is 1500. The summed E-state index contributed by atoms with van der Waals surface area (Å²) < 4.78 is 31.6. The van der Waals surface area contributed by atoms with Crippen molar-refractivity contribution in [3.8, 4) is 0 Å². The SMILES string of the molecule is CC(=O)OCC1O[C@H](OC(=N)C(Cl)(Cl)Cl)C(OC(=O)c2ccccc2)C(OC(=O)c2ccccc2)[C@@H]1OC(=O)c1ccccc1. The summed E-state index contributed by atoms with van der Waals surface area (Å²) in [5, 5.41) is 8.15. The first-order valence-corrected chi connectivity index (χ1v) is 14.5. The lowest BCUT2D eigenvalue weighted by Crippen LogP contribution is -2.63. The van der Waals surface area contributed by atoms with Gasteiger partial charge in [-0.05, 0) is 36.4 Å². The van der Waals surface area contributed by atoms with E-state index in [2.05, 4.69) is 0 Å². The second-order valence-corrected chi connectivity index (χ2v) is 11.8. The molecule has 11 nitrogen and oxygen atoms in total. The fourth-order valence-electron chi connectivity index (χ4n) is 4.19. The van der Waals surface area contributed by atoms with Gasteiger partial charge in [-0.25, -0.2) is 14.4 Å². The molecule has 3 unspecified atom stereocenters. The van der Waals surface area contributed by atoms with E-state index < -0.39 is 70.9 Å². The minimum Gasteiger partial charge on any atom is -0.463 e. The molecule has 5 atom stereocenters. The van der Waals surface area contributed by atoms with E-state index in [0.717, 1.165) is 6.92 Å². The third-order valence-electron chi connectivity index (χ3n) is 6.29. The van der Waals surface area contributed by atoms with Crippen molar-refractivity contribution in [3.63, 3.8) is 0 Å². The molecule has 3 aromatic carbocycles. The molecule has 0 amide bonds. The van der Waals surface area contributed by atoms with Gasteiger partial charge in [-0.2, -0.15) is 0 Å². The van der Waals surface area contributed by atoms with Gasteiger partial charge in [0.2, 0.25) is 18.3 Å². The molecule has 45 heavy (non-hydrogen) atoms. The van der Waals surface area contributed by atoms with Gasteiger partial charge in [0.1, 0.15) is 12.7 Å². The first-order valence-electron chi connectivity index (χ1n) is 13.3. The summed E-state index contributed by atoms with van der Waals surface area (Å²) >= 11 is 17.6. The van der Waals surface area contributed by atoms with Gasteiger partial charge >= 0.3 is 23.9 Å². The summed E-state index contributed by atoms with van der Waals surface area (Å²) in [6, 6.07) is 23.5. The van der Waals surface area contributed by atoms with Crippen LogP contribution in [0.15, 0.2) is 91.0 Å². The van der Waals surface area contributed by atoms with Crippen LogP contribution in [-0.4, -0.2) is 70.9 Å². The fraction of sp³-hybridized carbons (Fsp3) is 0.258. The molecule has 14 heteroatoms. The topological polar surface area (TPSA) is 148 Å². The summed E-state index contributed by atoms with van der Waals surface area (Å²) in [7, 11) is 0. The molecule has 1 heterocycles. The number of hydrogen-bond donors (Lipinski definition) is 1. The van der Waals surface area contributed by atoms with Crippen LogP contribution in [-0.2, 0) is 33.2 Å². The number of alkyl halides is 3. The van der Waals surface area contributed by atoms with E-state index in [9.17, 15) is 19.2 Å². The van der Waals surface area contributed by atoms with Crippen LogP contribution in [0.3, 0.4) is 0 Å². The van der Waals surface area contributed by atoms with Crippen molar-refractivity contribution in [3.05, 3.63) is 108 Å². The molecule has 236 valence electrons. The molecule has 0 radical (unpaired) electrons. The highest BCUT2D eigenvalue weighted by atomic mass is 35.6. The van der Waals surface area contributed by atoms with Crippen LogP contribution >= 0.6 is 34.8 Å². The molecule has 1 fully saturated rings. The Kier molecular flexibility index (Phi) is 11.4. The van der Waals surface area contributed by atoms with Crippen molar-refractivity contribution >= 4 is 64.6 Å². The van der Waals surface area contributed by atoms with Crippen molar-refractivity contribution in [1.29, 1.82) is 5.41 Å². The van der Waals surface area contributed by atoms with E-state index >= 15 is 0 Å². The van der Waals surface area contributed by atoms with Crippen molar-refractivity contribution in [2.45, 2.75) is 41.4 Å². The maximum absolute atomic E-state index is 13.4. The van der Waals surface area contributed by atoms with Crippen molar-refractivity contribution in [1.82, 2.24) is 0 Å². The van der Waals surface area contributed by atoms with E-state index in [1.807, 2.05) is 0 Å². The van der Waals surface area contributed by atoms with Gasteiger partial charge in [-0.3, -0.25) is 10.2 Å².